The minimum atomic E-state index is -0.366. The van der Waals surface area contributed by atoms with Gasteiger partial charge in [-0.25, -0.2) is 4.39 Å². The van der Waals surface area contributed by atoms with Crippen molar-refractivity contribution in [2.45, 2.75) is 0 Å². The summed E-state index contributed by atoms with van der Waals surface area (Å²) in [4.78, 5) is 0. The molecule has 3 nitrogen and oxygen atoms in total. The highest BCUT2D eigenvalue weighted by Crippen LogP contribution is 2.29. The lowest BCUT2D eigenvalue weighted by Gasteiger charge is -2.11. The summed E-state index contributed by atoms with van der Waals surface area (Å²) in [6, 6.07) is 10.2. The van der Waals surface area contributed by atoms with E-state index in [1.807, 2.05) is 18.2 Å². The van der Waals surface area contributed by atoms with Gasteiger partial charge in [-0.05, 0) is 34.1 Å². The van der Waals surface area contributed by atoms with E-state index < -0.39 is 0 Å². The van der Waals surface area contributed by atoms with E-state index in [4.69, 9.17) is 10.5 Å². The molecule has 2 rings (SSSR count). The second kappa shape index (κ2) is 5.27. The molecular weight excluding hydrogens is 299 g/mol. The van der Waals surface area contributed by atoms with Gasteiger partial charge in [0.1, 0.15) is 11.6 Å². The number of ether oxygens (including phenoxy) is 1. The fraction of sp³-hybridized carbons (Fsp3) is 0.0769. The molecule has 0 aliphatic rings. The van der Waals surface area contributed by atoms with E-state index in [0.717, 1.165) is 11.4 Å². The number of halogens is 2. The molecule has 0 amide bonds. The SMILES string of the molecule is COc1cccc(Nc2cc(F)c(Br)cc2N)c1. The van der Waals surface area contributed by atoms with Crippen LogP contribution in [0.5, 0.6) is 5.75 Å². The van der Waals surface area contributed by atoms with Crippen LogP contribution < -0.4 is 15.8 Å². The van der Waals surface area contributed by atoms with Gasteiger partial charge in [0.2, 0.25) is 0 Å². The van der Waals surface area contributed by atoms with Crippen molar-refractivity contribution in [3.05, 3.63) is 46.7 Å². The van der Waals surface area contributed by atoms with Gasteiger partial charge >= 0.3 is 0 Å². The lowest BCUT2D eigenvalue weighted by Crippen LogP contribution is -1.98. The third-order valence-electron chi connectivity index (χ3n) is 2.44. The summed E-state index contributed by atoms with van der Waals surface area (Å²) < 4.78 is 18.9. The lowest BCUT2D eigenvalue weighted by atomic mass is 10.2. The number of benzene rings is 2. The molecule has 0 spiro atoms. The topological polar surface area (TPSA) is 47.3 Å². The molecule has 18 heavy (non-hydrogen) atoms. The van der Waals surface area contributed by atoms with Crippen molar-refractivity contribution in [3.8, 4) is 5.75 Å². The van der Waals surface area contributed by atoms with Gasteiger partial charge in [0.15, 0.2) is 0 Å². The maximum atomic E-state index is 13.4. The molecule has 0 radical (unpaired) electrons. The monoisotopic (exact) mass is 310 g/mol. The molecule has 0 aliphatic heterocycles. The van der Waals surface area contributed by atoms with Gasteiger partial charge < -0.3 is 15.8 Å². The van der Waals surface area contributed by atoms with Crippen LogP contribution in [0.25, 0.3) is 0 Å². The molecule has 5 heteroatoms. The van der Waals surface area contributed by atoms with Crippen LogP contribution in [0, 0.1) is 5.82 Å². The molecular formula is C13H12BrFN2O. The molecule has 0 bridgehead atoms. The summed E-state index contributed by atoms with van der Waals surface area (Å²) in [5.41, 5.74) is 7.58. The predicted octanol–water partition coefficient (Wildman–Crippen LogP) is 3.92. The molecule has 2 aromatic rings. The number of hydrogen-bond donors (Lipinski definition) is 2. The molecule has 0 atom stereocenters. The van der Waals surface area contributed by atoms with Crippen molar-refractivity contribution >= 4 is 33.0 Å². The van der Waals surface area contributed by atoms with E-state index >= 15 is 0 Å². The van der Waals surface area contributed by atoms with Crippen LogP contribution in [0.2, 0.25) is 0 Å². The number of nitrogens with two attached hydrogens (primary N) is 1. The minimum absolute atomic E-state index is 0.344. The van der Waals surface area contributed by atoms with Crippen LogP contribution in [-0.2, 0) is 0 Å². The fourth-order valence-electron chi connectivity index (χ4n) is 1.53. The summed E-state index contributed by atoms with van der Waals surface area (Å²) in [5.74, 6) is 0.353. The number of rotatable bonds is 3. The highest BCUT2D eigenvalue weighted by molar-refractivity contribution is 9.10. The zero-order valence-electron chi connectivity index (χ0n) is 9.71. The molecule has 0 heterocycles. The first-order valence-electron chi connectivity index (χ1n) is 5.26. The summed E-state index contributed by atoms with van der Waals surface area (Å²) in [6.45, 7) is 0. The third-order valence-corrected chi connectivity index (χ3v) is 3.05. The maximum absolute atomic E-state index is 13.4. The Balaban J connectivity index is 2.30. The molecule has 2 aromatic carbocycles. The summed E-state index contributed by atoms with van der Waals surface area (Å²) in [7, 11) is 1.59. The average Bonchev–Trinajstić information content (AvgIpc) is 2.36. The van der Waals surface area contributed by atoms with E-state index in [9.17, 15) is 4.39 Å². The predicted molar refractivity (Wildman–Crippen MR) is 74.8 cm³/mol. The van der Waals surface area contributed by atoms with E-state index in [2.05, 4.69) is 21.2 Å². The first-order valence-corrected chi connectivity index (χ1v) is 6.05. The fourth-order valence-corrected chi connectivity index (χ4v) is 1.89. The molecule has 0 saturated carbocycles. The van der Waals surface area contributed by atoms with Crippen molar-refractivity contribution in [1.82, 2.24) is 0 Å². The van der Waals surface area contributed by atoms with Crippen LogP contribution in [0.15, 0.2) is 40.9 Å². The van der Waals surface area contributed by atoms with Crippen LogP contribution in [0.3, 0.4) is 0 Å². The maximum Gasteiger partial charge on any atom is 0.139 e. The Bertz CT molecular complexity index is 575. The highest BCUT2D eigenvalue weighted by atomic mass is 79.9. The average molecular weight is 311 g/mol. The Labute approximate surface area is 113 Å². The number of nitrogen functional groups attached to an aromatic ring is 1. The Morgan fingerprint density at radius 2 is 2.06 bits per heavy atom. The van der Waals surface area contributed by atoms with Crippen LogP contribution in [0.4, 0.5) is 21.5 Å². The smallest absolute Gasteiger partial charge is 0.139 e. The Hall–Kier alpha value is -1.75. The van der Waals surface area contributed by atoms with Crippen molar-refractivity contribution in [2.24, 2.45) is 0 Å². The first-order chi connectivity index (χ1) is 8.60. The van der Waals surface area contributed by atoms with Gasteiger partial charge in [0.25, 0.3) is 0 Å². The molecule has 3 N–H and O–H groups in total. The van der Waals surface area contributed by atoms with Gasteiger partial charge in [0, 0.05) is 17.8 Å². The molecule has 0 aromatic heterocycles. The van der Waals surface area contributed by atoms with Crippen molar-refractivity contribution in [2.75, 3.05) is 18.2 Å². The third kappa shape index (κ3) is 2.73. The van der Waals surface area contributed by atoms with E-state index in [1.54, 1.807) is 13.2 Å². The van der Waals surface area contributed by atoms with Gasteiger partial charge in [0.05, 0.1) is 23.0 Å². The largest absolute Gasteiger partial charge is 0.497 e. The zero-order chi connectivity index (χ0) is 13.1. The van der Waals surface area contributed by atoms with E-state index in [1.165, 1.54) is 12.1 Å². The summed E-state index contributed by atoms with van der Waals surface area (Å²) >= 11 is 3.09. The second-order valence-electron chi connectivity index (χ2n) is 3.71. The van der Waals surface area contributed by atoms with Gasteiger partial charge in [-0.2, -0.15) is 0 Å². The van der Waals surface area contributed by atoms with Crippen LogP contribution >= 0.6 is 15.9 Å². The number of nitrogens with one attached hydrogen (secondary N) is 1. The van der Waals surface area contributed by atoms with Gasteiger partial charge in [-0.3, -0.25) is 0 Å². The Kier molecular flexibility index (Phi) is 3.72. The van der Waals surface area contributed by atoms with Crippen molar-refractivity contribution in [3.63, 3.8) is 0 Å². The van der Waals surface area contributed by atoms with Crippen molar-refractivity contribution in [1.29, 1.82) is 0 Å². The first kappa shape index (κ1) is 12.7. The molecule has 94 valence electrons. The Morgan fingerprint density at radius 1 is 1.28 bits per heavy atom. The lowest BCUT2D eigenvalue weighted by molar-refractivity contribution is 0.415. The molecule has 0 saturated heterocycles. The van der Waals surface area contributed by atoms with Crippen LogP contribution in [0.1, 0.15) is 0 Å². The molecule has 0 aliphatic carbocycles. The second-order valence-corrected chi connectivity index (χ2v) is 4.56. The van der Waals surface area contributed by atoms with Gasteiger partial charge in [-0.1, -0.05) is 6.07 Å². The highest BCUT2D eigenvalue weighted by Gasteiger charge is 2.06. The quantitative estimate of drug-likeness (QED) is 0.845. The van der Waals surface area contributed by atoms with Gasteiger partial charge in [-0.15, -0.1) is 0 Å². The minimum Gasteiger partial charge on any atom is -0.497 e. The van der Waals surface area contributed by atoms with Crippen molar-refractivity contribution < 1.29 is 9.13 Å². The van der Waals surface area contributed by atoms with E-state index in [-0.39, 0.29) is 5.82 Å². The Morgan fingerprint density at radius 3 is 2.78 bits per heavy atom. The number of hydrogen-bond acceptors (Lipinski definition) is 3. The van der Waals surface area contributed by atoms with E-state index in [0.29, 0.717) is 15.8 Å². The normalized spacial score (nSPS) is 10.2. The number of methoxy groups -OCH3 is 1. The standard InChI is InChI=1S/C13H12BrFN2O/c1-18-9-4-2-3-8(5-9)17-13-7-11(15)10(14)6-12(13)16/h2-7,17H,16H2,1H3. The summed E-state index contributed by atoms with van der Waals surface area (Å²) in [6.07, 6.45) is 0. The van der Waals surface area contributed by atoms with Crippen LogP contribution in [-0.4, -0.2) is 7.11 Å². The molecule has 0 fully saturated rings. The molecule has 0 unspecified atom stereocenters. The zero-order valence-corrected chi connectivity index (χ0v) is 11.3. The number of anilines is 3. The summed E-state index contributed by atoms with van der Waals surface area (Å²) in [5, 5.41) is 3.05.